The Kier molecular flexibility index (Phi) is 5.04. The van der Waals surface area contributed by atoms with Crippen LogP contribution < -0.4 is 5.32 Å². The maximum absolute atomic E-state index is 3.62. The number of nitrogens with one attached hydrogen (secondary N) is 1. The lowest BCUT2D eigenvalue weighted by Crippen LogP contribution is -2.32. The second kappa shape index (κ2) is 8.76. The summed E-state index contributed by atoms with van der Waals surface area (Å²) >= 11 is 1.89. The summed E-state index contributed by atoms with van der Waals surface area (Å²) in [6, 6.07) is 53.0. The van der Waals surface area contributed by atoms with Gasteiger partial charge in [-0.2, -0.15) is 0 Å². The Labute approximate surface area is 233 Å². The van der Waals surface area contributed by atoms with Crippen molar-refractivity contribution < 1.29 is 0 Å². The van der Waals surface area contributed by atoms with Crippen LogP contribution in [0.25, 0.3) is 22.3 Å². The summed E-state index contributed by atoms with van der Waals surface area (Å²) < 4.78 is 0. The van der Waals surface area contributed by atoms with Crippen LogP contribution in [-0.4, -0.2) is 0 Å². The van der Waals surface area contributed by atoms with E-state index in [0.29, 0.717) is 0 Å². The molecule has 1 aliphatic heterocycles. The van der Waals surface area contributed by atoms with Gasteiger partial charge in [0, 0.05) is 21.2 Å². The van der Waals surface area contributed by atoms with Crippen LogP contribution in [0.4, 0.5) is 11.4 Å². The van der Waals surface area contributed by atoms with Crippen molar-refractivity contribution in [3.05, 3.63) is 168 Å². The van der Waals surface area contributed by atoms with Crippen LogP contribution >= 0.6 is 11.8 Å². The van der Waals surface area contributed by atoms with Crippen molar-refractivity contribution in [3.8, 4) is 22.3 Å². The van der Waals surface area contributed by atoms with Crippen molar-refractivity contribution in [1.82, 2.24) is 0 Å². The van der Waals surface area contributed by atoms with Gasteiger partial charge in [0.2, 0.25) is 0 Å². The first-order valence-corrected chi connectivity index (χ1v) is 14.2. The van der Waals surface area contributed by atoms with Crippen LogP contribution in [0, 0.1) is 0 Å². The first-order chi connectivity index (χ1) is 19.3. The summed E-state index contributed by atoms with van der Waals surface area (Å²) in [4.78, 5) is 2.60. The predicted octanol–water partition coefficient (Wildman–Crippen LogP) is 9.92. The second-order valence-corrected chi connectivity index (χ2v) is 11.3. The Morgan fingerprint density at radius 3 is 1.67 bits per heavy atom. The van der Waals surface area contributed by atoms with Gasteiger partial charge in [-0.05, 0) is 74.8 Å². The lowest BCUT2D eigenvalue weighted by atomic mass is 9.67. The monoisotopic (exact) mass is 515 g/mol. The van der Waals surface area contributed by atoms with Gasteiger partial charge in [0.15, 0.2) is 0 Å². The third-order valence-corrected chi connectivity index (χ3v) is 9.23. The van der Waals surface area contributed by atoms with E-state index in [1.807, 2.05) is 17.8 Å². The fourth-order valence-corrected chi connectivity index (χ4v) is 7.76. The molecule has 0 aromatic heterocycles. The maximum atomic E-state index is 3.62. The Morgan fingerprint density at radius 2 is 0.974 bits per heavy atom. The van der Waals surface area contributed by atoms with Gasteiger partial charge in [-0.3, -0.25) is 0 Å². The Morgan fingerprint density at radius 1 is 0.410 bits per heavy atom. The van der Waals surface area contributed by atoms with Gasteiger partial charge < -0.3 is 5.32 Å². The molecule has 0 saturated heterocycles. The van der Waals surface area contributed by atoms with Gasteiger partial charge in [-0.1, -0.05) is 127 Å². The standard InChI is InChI=1S/C37H25NS/c1-3-11-25(12-4-1)26-19-21-33-35(23-26)39-36-24-28(38-27-13-5-2-6-14-27)20-22-34(36)37(33)31-17-9-7-15-29(31)30-16-8-10-18-32(30)37/h1-24,38H. The maximum Gasteiger partial charge on any atom is 0.0735 e. The zero-order valence-corrected chi connectivity index (χ0v) is 22.1. The second-order valence-electron chi connectivity index (χ2n) is 10.2. The molecule has 1 spiro atoms. The van der Waals surface area contributed by atoms with E-state index in [-0.39, 0.29) is 5.41 Å². The Balaban J connectivity index is 1.40. The van der Waals surface area contributed by atoms with E-state index in [0.717, 1.165) is 11.4 Å². The molecule has 184 valence electrons. The van der Waals surface area contributed by atoms with Gasteiger partial charge in [-0.15, -0.1) is 0 Å². The van der Waals surface area contributed by atoms with Crippen LogP contribution in [-0.2, 0) is 5.41 Å². The van der Waals surface area contributed by atoms with Crippen LogP contribution in [0.1, 0.15) is 22.3 Å². The summed E-state index contributed by atoms with van der Waals surface area (Å²) in [5.41, 5.74) is 12.4. The van der Waals surface area contributed by atoms with Crippen molar-refractivity contribution >= 4 is 23.1 Å². The van der Waals surface area contributed by atoms with E-state index in [4.69, 9.17) is 0 Å². The van der Waals surface area contributed by atoms with Crippen LogP contribution in [0.15, 0.2) is 155 Å². The average molecular weight is 516 g/mol. The molecule has 2 heteroatoms. The molecule has 2 aliphatic rings. The fourth-order valence-electron chi connectivity index (χ4n) is 6.49. The van der Waals surface area contributed by atoms with Crippen molar-refractivity contribution in [2.75, 3.05) is 5.32 Å². The summed E-state index contributed by atoms with van der Waals surface area (Å²) in [7, 11) is 0. The Hall–Kier alpha value is -4.53. The topological polar surface area (TPSA) is 12.0 Å². The highest BCUT2D eigenvalue weighted by Gasteiger charge is 2.50. The van der Waals surface area contributed by atoms with Crippen molar-refractivity contribution in [3.63, 3.8) is 0 Å². The lowest BCUT2D eigenvalue weighted by molar-refractivity contribution is 0.723. The Bertz CT molecular complexity index is 1810. The zero-order valence-electron chi connectivity index (χ0n) is 21.3. The zero-order chi connectivity index (χ0) is 25.8. The minimum atomic E-state index is -0.358. The number of hydrogen-bond acceptors (Lipinski definition) is 2. The molecule has 0 bridgehead atoms. The largest absolute Gasteiger partial charge is 0.355 e. The van der Waals surface area contributed by atoms with Gasteiger partial charge in [0.25, 0.3) is 0 Å². The molecule has 1 N–H and O–H groups in total. The molecule has 0 fully saturated rings. The number of fused-ring (bicyclic) bond motifs is 9. The average Bonchev–Trinajstić information content (AvgIpc) is 3.29. The van der Waals surface area contributed by atoms with E-state index in [9.17, 15) is 0 Å². The SMILES string of the molecule is c1ccc(Nc2ccc3c(c2)Sc2cc(-c4ccccc4)ccc2C32c3ccccc3-c3ccccc32)cc1. The molecule has 0 atom stereocenters. The molecule has 39 heavy (non-hydrogen) atoms. The van der Waals surface area contributed by atoms with Gasteiger partial charge in [0.05, 0.1) is 5.41 Å². The van der Waals surface area contributed by atoms with E-state index >= 15 is 0 Å². The third kappa shape index (κ3) is 3.35. The quantitative estimate of drug-likeness (QED) is 0.251. The number of para-hydroxylation sites is 1. The molecule has 0 radical (unpaired) electrons. The molecule has 6 aromatic carbocycles. The summed E-state index contributed by atoms with van der Waals surface area (Å²) in [6.45, 7) is 0. The van der Waals surface area contributed by atoms with E-state index in [1.54, 1.807) is 0 Å². The lowest BCUT2D eigenvalue weighted by Gasteiger charge is -2.40. The molecule has 1 heterocycles. The number of hydrogen-bond donors (Lipinski definition) is 1. The highest BCUT2D eigenvalue weighted by atomic mass is 32.2. The van der Waals surface area contributed by atoms with E-state index in [1.165, 1.54) is 54.3 Å². The minimum Gasteiger partial charge on any atom is -0.355 e. The van der Waals surface area contributed by atoms with Crippen LogP contribution in [0.3, 0.4) is 0 Å². The molecule has 6 aromatic rings. The number of benzene rings is 6. The third-order valence-electron chi connectivity index (χ3n) is 8.11. The van der Waals surface area contributed by atoms with E-state index < -0.39 is 0 Å². The predicted molar refractivity (Wildman–Crippen MR) is 163 cm³/mol. The molecule has 0 amide bonds. The van der Waals surface area contributed by atoms with Crippen molar-refractivity contribution in [2.24, 2.45) is 0 Å². The van der Waals surface area contributed by atoms with Gasteiger partial charge in [-0.25, -0.2) is 0 Å². The molecule has 1 aliphatic carbocycles. The first-order valence-electron chi connectivity index (χ1n) is 13.4. The molecular weight excluding hydrogens is 490 g/mol. The van der Waals surface area contributed by atoms with Crippen LogP contribution in [0.5, 0.6) is 0 Å². The summed E-state index contributed by atoms with van der Waals surface area (Å²) in [5.74, 6) is 0. The highest BCUT2D eigenvalue weighted by molar-refractivity contribution is 7.99. The molecule has 8 rings (SSSR count). The fraction of sp³-hybridized carbons (Fsp3) is 0.0270. The minimum absolute atomic E-state index is 0.358. The normalized spacial score (nSPS) is 13.7. The number of rotatable bonds is 3. The van der Waals surface area contributed by atoms with Gasteiger partial charge >= 0.3 is 0 Å². The van der Waals surface area contributed by atoms with Gasteiger partial charge in [0.1, 0.15) is 0 Å². The van der Waals surface area contributed by atoms with E-state index in [2.05, 4.69) is 145 Å². The molecule has 1 nitrogen and oxygen atoms in total. The highest BCUT2D eigenvalue weighted by Crippen LogP contribution is 2.62. The van der Waals surface area contributed by atoms with Crippen LogP contribution in [0.2, 0.25) is 0 Å². The molecule has 0 saturated carbocycles. The first kappa shape index (κ1) is 22.5. The summed E-state index contributed by atoms with van der Waals surface area (Å²) in [6.07, 6.45) is 0. The van der Waals surface area contributed by atoms with Crippen molar-refractivity contribution in [2.45, 2.75) is 15.2 Å². The molecule has 0 unspecified atom stereocenters. The molecular formula is C37H25NS. The summed E-state index contributed by atoms with van der Waals surface area (Å²) in [5, 5.41) is 3.62. The number of anilines is 2. The smallest absolute Gasteiger partial charge is 0.0735 e. The van der Waals surface area contributed by atoms with Crippen molar-refractivity contribution in [1.29, 1.82) is 0 Å².